The van der Waals surface area contributed by atoms with Crippen LogP contribution in [0.25, 0.3) is 0 Å². The molecule has 1 saturated carbocycles. The van der Waals surface area contributed by atoms with Gasteiger partial charge in [-0.1, -0.05) is 37.3 Å². The molecule has 0 aromatic heterocycles. The molecule has 2 aromatic rings. The molecule has 0 amide bonds. The van der Waals surface area contributed by atoms with Gasteiger partial charge in [-0.15, -0.1) is 0 Å². The normalized spacial score (nSPS) is 28.3. The molecule has 2 heterocycles. The molecule has 3 nitrogen and oxygen atoms in total. The van der Waals surface area contributed by atoms with Gasteiger partial charge in [0.25, 0.3) is 0 Å². The van der Waals surface area contributed by atoms with Crippen LogP contribution in [0.1, 0.15) is 18.9 Å². The second-order valence-electron chi connectivity index (χ2n) is 8.24. The van der Waals surface area contributed by atoms with E-state index >= 15 is 0 Å². The van der Waals surface area contributed by atoms with Crippen LogP contribution in [-0.2, 0) is 5.41 Å². The van der Waals surface area contributed by atoms with Crippen LogP contribution in [0.3, 0.4) is 0 Å². The fourth-order valence-corrected chi connectivity index (χ4v) is 5.14. The molecule has 1 aliphatic carbocycles. The maximum Gasteiger partial charge on any atom is 0.0367 e. The topological polar surface area (TPSA) is 9.72 Å². The Kier molecular flexibility index (Phi) is 3.93. The van der Waals surface area contributed by atoms with E-state index in [-0.39, 0.29) is 0 Å². The first-order valence-corrected chi connectivity index (χ1v) is 10.2. The van der Waals surface area contributed by atoms with Crippen LogP contribution in [0.4, 0.5) is 11.4 Å². The number of anilines is 2. The zero-order valence-corrected chi connectivity index (χ0v) is 15.8. The van der Waals surface area contributed by atoms with Gasteiger partial charge in [-0.05, 0) is 48.7 Å². The number of likely N-dealkylation sites (N-methyl/N-ethyl adjacent to an activating group) is 1. The fourth-order valence-electron chi connectivity index (χ4n) is 5.14. The molecule has 0 radical (unpaired) electrons. The Morgan fingerprint density at radius 3 is 2.04 bits per heavy atom. The first kappa shape index (κ1) is 16.2. The molecule has 0 spiro atoms. The molecular formula is C23H29N3. The fraction of sp³-hybridized carbons (Fsp3) is 0.478. The third-order valence-electron chi connectivity index (χ3n) is 6.87. The lowest BCUT2D eigenvalue weighted by atomic mass is 9.94. The third kappa shape index (κ3) is 2.69. The predicted molar refractivity (Wildman–Crippen MR) is 109 cm³/mol. The monoisotopic (exact) mass is 347 g/mol. The van der Waals surface area contributed by atoms with Crippen LogP contribution in [0.15, 0.2) is 54.6 Å². The SMILES string of the molecule is CCN1CC2CC2(c2ccc(N3CCN(c4ccccc4)CC3)cc2)C1. The van der Waals surface area contributed by atoms with Gasteiger partial charge in [0.2, 0.25) is 0 Å². The highest BCUT2D eigenvalue weighted by molar-refractivity contribution is 5.53. The molecule has 2 aliphatic heterocycles. The van der Waals surface area contributed by atoms with Gasteiger partial charge in [0.15, 0.2) is 0 Å². The molecule has 2 aromatic carbocycles. The minimum absolute atomic E-state index is 0.487. The average molecular weight is 348 g/mol. The lowest BCUT2D eigenvalue weighted by Gasteiger charge is -2.37. The molecule has 136 valence electrons. The number of rotatable bonds is 4. The molecule has 3 heteroatoms. The molecule has 3 aliphatic rings. The molecule has 2 unspecified atom stereocenters. The van der Waals surface area contributed by atoms with E-state index in [0.29, 0.717) is 5.41 Å². The van der Waals surface area contributed by atoms with Crippen molar-refractivity contribution < 1.29 is 0 Å². The second-order valence-corrected chi connectivity index (χ2v) is 8.24. The summed E-state index contributed by atoms with van der Waals surface area (Å²) in [5.74, 6) is 0.905. The van der Waals surface area contributed by atoms with Gasteiger partial charge in [0, 0.05) is 56.1 Å². The van der Waals surface area contributed by atoms with Crippen molar-refractivity contribution in [3.05, 3.63) is 60.2 Å². The van der Waals surface area contributed by atoms with Crippen molar-refractivity contribution in [3.8, 4) is 0 Å². The number of fused-ring (bicyclic) bond motifs is 1. The van der Waals surface area contributed by atoms with Crippen molar-refractivity contribution in [1.82, 2.24) is 4.90 Å². The van der Waals surface area contributed by atoms with Crippen LogP contribution < -0.4 is 9.80 Å². The van der Waals surface area contributed by atoms with Crippen molar-refractivity contribution >= 4 is 11.4 Å². The Morgan fingerprint density at radius 1 is 0.846 bits per heavy atom. The number of hydrogen-bond donors (Lipinski definition) is 0. The van der Waals surface area contributed by atoms with E-state index in [9.17, 15) is 0 Å². The molecule has 2 atom stereocenters. The number of piperidine rings is 1. The molecular weight excluding hydrogens is 318 g/mol. The van der Waals surface area contributed by atoms with E-state index < -0.39 is 0 Å². The maximum atomic E-state index is 2.62. The zero-order valence-electron chi connectivity index (χ0n) is 15.8. The summed E-state index contributed by atoms with van der Waals surface area (Å²) in [5.41, 5.74) is 4.80. The zero-order chi connectivity index (χ0) is 17.6. The average Bonchev–Trinajstić information content (AvgIpc) is 3.30. The summed E-state index contributed by atoms with van der Waals surface area (Å²) in [6, 6.07) is 20.4. The lowest BCUT2D eigenvalue weighted by Crippen LogP contribution is -2.46. The lowest BCUT2D eigenvalue weighted by molar-refractivity contribution is 0.314. The summed E-state index contributed by atoms with van der Waals surface area (Å²) >= 11 is 0. The minimum atomic E-state index is 0.487. The summed E-state index contributed by atoms with van der Waals surface area (Å²) in [7, 11) is 0. The molecule has 2 saturated heterocycles. The van der Waals surface area contributed by atoms with Crippen LogP contribution in [0.5, 0.6) is 0 Å². The minimum Gasteiger partial charge on any atom is -0.368 e. The van der Waals surface area contributed by atoms with Gasteiger partial charge in [0.05, 0.1) is 0 Å². The van der Waals surface area contributed by atoms with E-state index in [1.54, 1.807) is 5.56 Å². The van der Waals surface area contributed by atoms with Crippen molar-refractivity contribution in [2.24, 2.45) is 5.92 Å². The van der Waals surface area contributed by atoms with Crippen LogP contribution in [0, 0.1) is 5.92 Å². The van der Waals surface area contributed by atoms with Gasteiger partial charge >= 0.3 is 0 Å². The molecule has 26 heavy (non-hydrogen) atoms. The van der Waals surface area contributed by atoms with E-state index in [4.69, 9.17) is 0 Å². The highest BCUT2D eigenvalue weighted by atomic mass is 15.3. The van der Waals surface area contributed by atoms with Gasteiger partial charge in [0.1, 0.15) is 0 Å². The van der Waals surface area contributed by atoms with Crippen molar-refractivity contribution in [2.45, 2.75) is 18.8 Å². The van der Waals surface area contributed by atoms with Crippen LogP contribution >= 0.6 is 0 Å². The highest BCUT2D eigenvalue weighted by Gasteiger charge is 2.60. The Balaban J connectivity index is 1.24. The number of likely N-dealkylation sites (tertiary alicyclic amines) is 1. The highest BCUT2D eigenvalue weighted by Crippen LogP contribution is 2.59. The number of benzene rings is 2. The summed E-state index contributed by atoms with van der Waals surface area (Å²) < 4.78 is 0. The van der Waals surface area contributed by atoms with Gasteiger partial charge in [-0.2, -0.15) is 0 Å². The van der Waals surface area contributed by atoms with Gasteiger partial charge in [-0.3, -0.25) is 0 Å². The van der Waals surface area contributed by atoms with Crippen molar-refractivity contribution in [1.29, 1.82) is 0 Å². The van der Waals surface area contributed by atoms with Crippen molar-refractivity contribution in [3.63, 3.8) is 0 Å². The van der Waals surface area contributed by atoms with E-state index in [2.05, 4.69) is 76.2 Å². The Labute approximate surface area is 157 Å². The number of nitrogens with zero attached hydrogens (tertiary/aromatic N) is 3. The number of piperazine rings is 1. The van der Waals surface area contributed by atoms with E-state index in [1.165, 1.54) is 37.4 Å². The Hall–Kier alpha value is -2.00. The third-order valence-corrected chi connectivity index (χ3v) is 6.87. The maximum absolute atomic E-state index is 2.62. The summed E-state index contributed by atoms with van der Waals surface area (Å²) in [6.45, 7) is 10.5. The smallest absolute Gasteiger partial charge is 0.0367 e. The Morgan fingerprint density at radius 2 is 1.46 bits per heavy atom. The van der Waals surface area contributed by atoms with Gasteiger partial charge < -0.3 is 14.7 Å². The van der Waals surface area contributed by atoms with Crippen LogP contribution in [0.2, 0.25) is 0 Å². The van der Waals surface area contributed by atoms with Crippen molar-refractivity contribution in [2.75, 3.05) is 55.6 Å². The number of para-hydroxylation sites is 1. The second kappa shape index (κ2) is 6.31. The molecule has 0 N–H and O–H groups in total. The number of hydrogen-bond acceptors (Lipinski definition) is 3. The molecule has 3 fully saturated rings. The largest absolute Gasteiger partial charge is 0.368 e. The van der Waals surface area contributed by atoms with Gasteiger partial charge in [-0.25, -0.2) is 0 Å². The molecule has 5 rings (SSSR count). The van der Waals surface area contributed by atoms with E-state index in [0.717, 1.165) is 32.1 Å². The summed E-state index contributed by atoms with van der Waals surface area (Å²) in [5, 5.41) is 0. The first-order chi connectivity index (χ1) is 12.8. The quantitative estimate of drug-likeness (QED) is 0.837. The van der Waals surface area contributed by atoms with Crippen LogP contribution in [-0.4, -0.2) is 50.7 Å². The van der Waals surface area contributed by atoms with E-state index in [1.807, 2.05) is 0 Å². The first-order valence-electron chi connectivity index (χ1n) is 10.2. The Bertz CT molecular complexity index is 749. The standard InChI is InChI=1S/C23H29N3/c1-2-24-17-20-16-23(20,18-24)19-8-10-22(11-9-19)26-14-12-25(13-15-26)21-6-4-3-5-7-21/h3-11,20H,2,12-18H2,1H3. The molecule has 0 bridgehead atoms. The predicted octanol–water partition coefficient (Wildman–Crippen LogP) is 3.61. The summed E-state index contributed by atoms with van der Waals surface area (Å²) in [6.07, 6.45) is 1.40. The summed E-state index contributed by atoms with van der Waals surface area (Å²) in [4.78, 5) is 7.65.